The lowest BCUT2D eigenvalue weighted by atomic mass is 10.2. The third-order valence-electron chi connectivity index (χ3n) is 3.93. The molecule has 0 saturated heterocycles. The zero-order valence-corrected chi connectivity index (χ0v) is 16.1. The summed E-state index contributed by atoms with van der Waals surface area (Å²) >= 11 is 5.10. The predicted octanol–water partition coefficient (Wildman–Crippen LogP) is 3.67. The van der Waals surface area contributed by atoms with E-state index >= 15 is 0 Å². The highest BCUT2D eigenvalue weighted by Crippen LogP contribution is 2.20. The van der Waals surface area contributed by atoms with Gasteiger partial charge in [-0.25, -0.2) is 9.18 Å². The lowest BCUT2D eigenvalue weighted by molar-refractivity contribution is 0.0526. The van der Waals surface area contributed by atoms with Crippen molar-refractivity contribution in [3.05, 3.63) is 80.6 Å². The van der Waals surface area contributed by atoms with Gasteiger partial charge in [0.05, 0.1) is 23.5 Å². The van der Waals surface area contributed by atoms with E-state index in [4.69, 9.17) is 17.0 Å². The van der Waals surface area contributed by atoms with Gasteiger partial charge in [0.15, 0.2) is 4.77 Å². The van der Waals surface area contributed by atoms with Gasteiger partial charge >= 0.3 is 5.97 Å². The largest absolute Gasteiger partial charge is 0.494 e. The van der Waals surface area contributed by atoms with Crippen molar-refractivity contribution < 1.29 is 19.0 Å². The molecular weight excluding hydrogens is 397 g/mol. The van der Waals surface area contributed by atoms with E-state index < -0.39 is 23.2 Å². The van der Waals surface area contributed by atoms with Gasteiger partial charge in [-0.3, -0.25) is 19.3 Å². The highest BCUT2D eigenvalue weighted by molar-refractivity contribution is 7.71. The minimum atomic E-state index is -0.627. The second-order valence-electron chi connectivity index (χ2n) is 5.83. The van der Waals surface area contributed by atoms with Crippen LogP contribution in [-0.2, 0) is 4.74 Å². The Morgan fingerprint density at radius 2 is 1.90 bits per heavy atom. The van der Waals surface area contributed by atoms with E-state index in [9.17, 15) is 19.1 Å². The zero-order valence-electron chi connectivity index (χ0n) is 15.3. The molecule has 0 fully saturated rings. The van der Waals surface area contributed by atoms with Crippen LogP contribution in [0.3, 0.4) is 0 Å². The first-order chi connectivity index (χ1) is 13.9. The van der Waals surface area contributed by atoms with Crippen LogP contribution in [0.5, 0.6) is 5.88 Å². The third-order valence-corrected chi connectivity index (χ3v) is 4.21. The Balaban J connectivity index is 1.96. The summed E-state index contributed by atoms with van der Waals surface area (Å²) in [5.41, 5.74) is 0.442. The van der Waals surface area contributed by atoms with Crippen LogP contribution in [0.4, 0.5) is 10.1 Å². The average molecular weight is 413 g/mol. The summed E-state index contributed by atoms with van der Waals surface area (Å²) in [6.07, 6.45) is 1.18. The Labute approximate surface area is 169 Å². The molecule has 0 amide bonds. The number of carbonyl (C=O) groups excluding carboxylic acids is 1. The van der Waals surface area contributed by atoms with Gasteiger partial charge in [-0.15, -0.1) is 0 Å². The number of aromatic amines is 1. The molecule has 1 aromatic heterocycles. The molecule has 0 bridgehead atoms. The summed E-state index contributed by atoms with van der Waals surface area (Å²) in [6, 6.07) is 11.5. The molecule has 0 atom stereocenters. The van der Waals surface area contributed by atoms with Crippen molar-refractivity contribution in [2.24, 2.45) is 4.99 Å². The van der Waals surface area contributed by atoms with Crippen molar-refractivity contribution >= 4 is 30.1 Å². The number of H-pyrrole nitrogens is 1. The van der Waals surface area contributed by atoms with Crippen molar-refractivity contribution in [1.82, 2.24) is 9.55 Å². The Morgan fingerprint density at radius 1 is 1.24 bits per heavy atom. The molecule has 0 saturated carbocycles. The van der Waals surface area contributed by atoms with Crippen molar-refractivity contribution in [1.29, 1.82) is 0 Å². The molecule has 29 heavy (non-hydrogen) atoms. The second kappa shape index (κ2) is 8.61. The van der Waals surface area contributed by atoms with Crippen LogP contribution in [0.15, 0.2) is 58.3 Å². The fourth-order valence-corrected chi connectivity index (χ4v) is 2.81. The molecule has 1 heterocycles. The topological polar surface area (TPSA) is 96.7 Å². The number of esters is 1. The standard InChI is InChI=1S/C20H16FN3O4S/c1-2-28-19(27)12-3-7-14(8-4-12)22-11-16-17(25)23-20(29)24(18(16)26)15-9-5-13(21)6-10-15/h3-11,26H,2H2,1H3,(H,23,25,29). The first-order valence-corrected chi connectivity index (χ1v) is 8.97. The minimum Gasteiger partial charge on any atom is -0.494 e. The predicted molar refractivity (Wildman–Crippen MR) is 108 cm³/mol. The van der Waals surface area contributed by atoms with Crippen LogP contribution in [0.25, 0.3) is 5.69 Å². The fraction of sp³-hybridized carbons (Fsp3) is 0.100. The molecule has 0 aliphatic rings. The quantitative estimate of drug-likeness (QED) is 0.378. The summed E-state index contributed by atoms with van der Waals surface area (Å²) in [5, 5.41) is 10.6. The number of hydrogen-bond donors (Lipinski definition) is 2. The van der Waals surface area contributed by atoms with Gasteiger partial charge in [0.25, 0.3) is 5.56 Å². The average Bonchev–Trinajstić information content (AvgIpc) is 2.69. The number of halogens is 1. The summed E-state index contributed by atoms with van der Waals surface area (Å²) in [5.74, 6) is -1.33. The molecule has 3 rings (SSSR count). The third kappa shape index (κ3) is 4.46. The number of aromatic hydroxyl groups is 1. The monoisotopic (exact) mass is 413 g/mol. The Bertz CT molecular complexity index is 1180. The molecule has 148 valence electrons. The number of aliphatic imine (C=N–C) groups is 1. The fourth-order valence-electron chi connectivity index (χ4n) is 2.52. The van der Waals surface area contributed by atoms with E-state index in [0.29, 0.717) is 16.9 Å². The van der Waals surface area contributed by atoms with Gasteiger partial charge in [0.1, 0.15) is 11.4 Å². The molecule has 0 unspecified atom stereocenters. The molecule has 0 radical (unpaired) electrons. The normalized spacial score (nSPS) is 11.0. The zero-order chi connectivity index (χ0) is 21.0. The van der Waals surface area contributed by atoms with Crippen molar-refractivity contribution in [2.45, 2.75) is 6.92 Å². The minimum absolute atomic E-state index is 0.0463. The van der Waals surface area contributed by atoms with E-state index in [-0.39, 0.29) is 16.9 Å². The summed E-state index contributed by atoms with van der Waals surface area (Å²) in [7, 11) is 0. The van der Waals surface area contributed by atoms with Gasteiger partial charge in [0, 0.05) is 6.21 Å². The van der Waals surface area contributed by atoms with Gasteiger partial charge in [0.2, 0.25) is 5.88 Å². The molecular formula is C20H16FN3O4S. The molecule has 7 nitrogen and oxygen atoms in total. The molecule has 2 N–H and O–H groups in total. The van der Waals surface area contributed by atoms with Crippen LogP contribution in [-0.4, -0.2) is 33.4 Å². The van der Waals surface area contributed by atoms with Crippen molar-refractivity contribution in [3.8, 4) is 11.6 Å². The Kier molecular flexibility index (Phi) is 5.99. The van der Waals surface area contributed by atoms with E-state index in [1.807, 2.05) is 0 Å². The van der Waals surface area contributed by atoms with Crippen LogP contribution in [0.1, 0.15) is 22.8 Å². The Hall–Kier alpha value is -3.59. The molecule has 0 spiro atoms. The highest BCUT2D eigenvalue weighted by Gasteiger charge is 2.13. The number of ether oxygens (including phenoxy) is 1. The Morgan fingerprint density at radius 3 is 2.52 bits per heavy atom. The summed E-state index contributed by atoms with van der Waals surface area (Å²) in [4.78, 5) is 30.5. The van der Waals surface area contributed by atoms with E-state index in [1.165, 1.54) is 35.0 Å². The van der Waals surface area contributed by atoms with Gasteiger partial charge in [-0.2, -0.15) is 0 Å². The second-order valence-corrected chi connectivity index (χ2v) is 6.22. The highest BCUT2D eigenvalue weighted by atomic mass is 32.1. The maximum atomic E-state index is 13.2. The number of carbonyl (C=O) groups is 1. The maximum absolute atomic E-state index is 13.2. The number of hydrogen-bond acceptors (Lipinski definition) is 6. The number of benzene rings is 2. The molecule has 0 aliphatic heterocycles. The van der Waals surface area contributed by atoms with Gasteiger partial charge in [-0.1, -0.05) is 0 Å². The SMILES string of the molecule is CCOC(=O)c1ccc(N=Cc2c(O)n(-c3ccc(F)cc3)c(=S)[nH]c2=O)cc1. The van der Waals surface area contributed by atoms with Gasteiger partial charge < -0.3 is 9.84 Å². The molecule has 0 aliphatic carbocycles. The molecule has 3 aromatic rings. The van der Waals surface area contributed by atoms with Crippen LogP contribution < -0.4 is 5.56 Å². The van der Waals surface area contributed by atoms with Crippen molar-refractivity contribution in [2.75, 3.05) is 6.61 Å². The van der Waals surface area contributed by atoms with Crippen LogP contribution >= 0.6 is 12.2 Å². The number of rotatable bonds is 5. The van der Waals surface area contributed by atoms with E-state index in [2.05, 4.69) is 9.98 Å². The van der Waals surface area contributed by atoms with Crippen LogP contribution in [0.2, 0.25) is 0 Å². The summed E-state index contributed by atoms with van der Waals surface area (Å²) < 4.78 is 19.2. The van der Waals surface area contributed by atoms with Gasteiger partial charge in [-0.05, 0) is 67.7 Å². The first kappa shape index (κ1) is 20.2. The molecule has 2 aromatic carbocycles. The summed E-state index contributed by atoms with van der Waals surface area (Å²) in [6.45, 7) is 1.99. The first-order valence-electron chi connectivity index (χ1n) is 8.56. The molecule has 9 heteroatoms. The smallest absolute Gasteiger partial charge is 0.338 e. The maximum Gasteiger partial charge on any atom is 0.338 e. The number of nitrogens with zero attached hydrogens (tertiary/aromatic N) is 2. The number of nitrogens with one attached hydrogen (secondary N) is 1. The number of aromatic nitrogens is 2. The van der Waals surface area contributed by atoms with E-state index in [0.717, 1.165) is 0 Å². The van der Waals surface area contributed by atoms with E-state index in [1.54, 1.807) is 31.2 Å². The van der Waals surface area contributed by atoms with Crippen LogP contribution in [0, 0.1) is 10.6 Å². The van der Waals surface area contributed by atoms with Crippen molar-refractivity contribution in [3.63, 3.8) is 0 Å². The lowest BCUT2D eigenvalue weighted by Crippen LogP contribution is -2.18. The lowest BCUT2D eigenvalue weighted by Gasteiger charge is -2.11.